The molecular formula is C19H29Cl2N5O. The fraction of sp³-hybridized carbons (Fsp3) is 0.579. The zero-order valence-electron chi connectivity index (χ0n) is 15.9. The largest absolute Gasteiger partial charge is 0.316 e. The highest BCUT2D eigenvalue weighted by molar-refractivity contribution is 5.85. The quantitative estimate of drug-likeness (QED) is 0.811. The van der Waals surface area contributed by atoms with Gasteiger partial charge in [-0.05, 0) is 44.0 Å². The molecule has 1 N–H and O–H groups in total. The monoisotopic (exact) mass is 413 g/mol. The van der Waals surface area contributed by atoms with E-state index < -0.39 is 0 Å². The number of aromatic nitrogens is 3. The number of pyridine rings is 1. The highest BCUT2D eigenvalue weighted by Gasteiger charge is 2.31. The first kappa shape index (κ1) is 22.0. The van der Waals surface area contributed by atoms with E-state index in [9.17, 15) is 4.79 Å². The van der Waals surface area contributed by atoms with Crippen molar-refractivity contribution in [3.8, 4) is 0 Å². The van der Waals surface area contributed by atoms with Crippen LogP contribution in [0.2, 0.25) is 0 Å². The maximum atomic E-state index is 13.0. The molecular weight excluding hydrogens is 385 g/mol. The molecule has 150 valence electrons. The van der Waals surface area contributed by atoms with Gasteiger partial charge in [-0.2, -0.15) is 5.10 Å². The third-order valence-corrected chi connectivity index (χ3v) is 5.57. The summed E-state index contributed by atoms with van der Waals surface area (Å²) in [5.74, 6) is 1.10. The lowest BCUT2D eigenvalue weighted by Crippen LogP contribution is -2.45. The summed E-state index contributed by atoms with van der Waals surface area (Å²) in [5, 5.41) is 7.71. The maximum Gasteiger partial charge on any atom is 0.255 e. The van der Waals surface area contributed by atoms with E-state index in [1.54, 1.807) is 0 Å². The number of aryl methyl sites for hydroxylation is 1. The van der Waals surface area contributed by atoms with Crippen molar-refractivity contribution in [2.45, 2.75) is 31.8 Å². The number of likely N-dealkylation sites (N-methyl/N-ethyl adjacent to an activating group) is 1. The molecule has 0 radical (unpaired) electrons. The maximum absolute atomic E-state index is 13.0. The van der Waals surface area contributed by atoms with Crippen LogP contribution < -0.4 is 10.9 Å². The van der Waals surface area contributed by atoms with Gasteiger partial charge in [-0.15, -0.1) is 24.8 Å². The highest BCUT2D eigenvalue weighted by atomic mass is 35.5. The Morgan fingerprint density at radius 3 is 2.85 bits per heavy atom. The molecule has 2 atom stereocenters. The predicted octanol–water partition coefficient (Wildman–Crippen LogP) is 1.81. The van der Waals surface area contributed by atoms with Crippen LogP contribution in [0.1, 0.15) is 29.2 Å². The van der Waals surface area contributed by atoms with Gasteiger partial charge in [-0.1, -0.05) is 6.07 Å². The standard InChI is InChI=1S/C19H27N5O.2ClH/c1-22(6-5-14-9-21-23(2)11-14)13-16-3-4-18-17-7-15(8-20-10-17)12-24(18)19(16)25;;/h3-4,9,11,15,17,20H,5-8,10,12-13H2,1-2H3;2*1H/t15-,17+;;/m0../s1. The molecule has 0 unspecified atom stereocenters. The molecule has 2 aliphatic rings. The van der Waals surface area contributed by atoms with E-state index in [4.69, 9.17) is 0 Å². The van der Waals surface area contributed by atoms with Crippen molar-refractivity contribution in [1.29, 1.82) is 0 Å². The molecule has 0 aromatic carbocycles. The van der Waals surface area contributed by atoms with Crippen LogP contribution in [0.15, 0.2) is 29.3 Å². The smallest absolute Gasteiger partial charge is 0.255 e. The van der Waals surface area contributed by atoms with E-state index in [0.29, 0.717) is 18.4 Å². The second kappa shape index (κ2) is 9.24. The van der Waals surface area contributed by atoms with Crippen molar-refractivity contribution < 1.29 is 0 Å². The normalized spacial score (nSPS) is 20.6. The van der Waals surface area contributed by atoms with Crippen LogP contribution in [0.25, 0.3) is 0 Å². The van der Waals surface area contributed by atoms with Crippen LogP contribution in [0, 0.1) is 5.92 Å². The number of piperidine rings is 1. The Morgan fingerprint density at radius 1 is 1.30 bits per heavy atom. The van der Waals surface area contributed by atoms with E-state index in [-0.39, 0.29) is 30.4 Å². The van der Waals surface area contributed by atoms with Crippen molar-refractivity contribution in [2.75, 3.05) is 26.7 Å². The number of rotatable bonds is 5. The molecule has 2 aliphatic heterocycles. The molecule has 1 fully saturated rings. The third-order valence-electron chi connectivity index (χ3n) is 5.57. The molecule has 4 rings (SSSR count). The Bertz CT molecular complexity index is 819. The molecule has 2 aromatic heterocycles. The summed E-state index contributed by atoms with van der Waals surface area (Å²) < 4.78 is 3.88. The predicted molar refractivity (Wildman–Crippen MR) is 112 cm³/mol. The minimum atomic E-state index is 0. The number of nitrogens with zero attached hydrogens (tertiary/aromatic N) is 4. The molecule has 8 heteroatoms. The number of nitrogens with one attached hydrogen (secondary N) is 1. The van der Waals surface area contributed by atoms with Crippen molar-refractivity contribution in [3.63, 3.8) is 0 Å². The number of halogens is 2. The van der Waals surface area contributed by atoms with Crippen molar-refractivity contribution >= 4 is 24.8 Å². The SMILES string of the molecule is CN(CCc1cnn(C)c1)Cc1ccc2n(c1=O)C[C@@H]1CNC[C@H]2C1.Cl.Cl. The fourth-order valence-electron chi connectivity index (χ4n) is 4.25. The van der Waals surface area contributed by atoms with E-state index in [1.165, 1.54) is 17.7 Å². The van der Waals surface area contributed by atoms with Crippen LogP contribution in [-0.4, -0.2) is 45.9 Å². The Morgan fingerprint density at radius 2 is 2.11 bits per heavy atom. The molecule has 1 saturated heterocycles. The second-order valence-electron chi connectivity index (χ2n) is 7.67. The van der Waals surface area contributed by atoms with Gasteiger partial charge in [-0.25, -0.2) is 0 Å². The molecule has 0 amide bonds. The average molecular weight is 414 g/mol. The summed E-state index contributed by atoms with van der Waals surface area (Å²) >= 11 is 0. The van der Waals surface area contributed by atoms with Crippen LogP contribution in [0.3, 0.4) is 0 Å². The molecule has 4 heterocycles. The van der Waals surface area contributed by atoms with Gasteiger partial charge >= 0.3 is 0 Å². The summed E-state index contributed by atoms with van der Waals surface area (Å²) in [6.45, 7) is 4.53. The van der Waals surface area contributed by atoms with Gasteiger partial charge in [0.2, 0.25) is 0 Å². The summed E-state index contributed by atoms with van der Waals surface area (Å²) in [7, 11) is 4.02. The van der Waals surface area contributed by atoms with Crippen LogP contribution in [0.4, 0.5) is 0 Å². The number of fused-ring (bicyclic) bond motifs is 4. The van der Waals surface area contributed by atoms with Crippen LogP contribution in [0.5, 0.6) is 0 Å². The number of hydrogen-bond donors (Lipinski definition) is 1. The molecule has 2 aromatic rings. The molecule has 0 aliphatic carbocycles. The van der Waals surface area contributed by atoms with Gasteiger partial charge < -0.3 is 14.8 Å². The number of hydrogen-bond acceptors (Lipinski definition) is 4. The van der Waals surface area contributed by atoms with Gasteiger partial charge in [0.15, 0.2) is 0 Å². The molecule has 0 spiro atoms. The summed E-state index contributed by atoms with van der Waals surface area (Å²) in [4.78, 5) is 15.2. The van der Waals surface area contributed by atoms with Crippen LogP contribution >= 0.6 is 24.8 Å². The lowest BCUT2D eigenvalue weighted by atomic mass is 9.84. The van der Waals surface area contributed by atoms with Crippen molar-refractivity contribution in [1.82, 2.24) is 24.6 Å². The average Bonchev–Trinajstić information content (AvgIpc) is 3.02. The van der Waals surface area contributed by atoms with Crippen molar-refractivity contribution in [3.05, 3.63) is 51.7 Å². The topological polar surface area (TPSA) is 55.1 Å². The Labute approximate surface area is 172 Å². The summed E-state index contributed by atoms with van der Waals surface area (Å²) in [6, 6.07) is 4.23. The van der Waals surface area contributed by atoms with Gasteiger partial charge in [-0.3, -0.25) is 9.48 Å². The Kier molecular flexibility index (Phi) is 7.51. The first-order valence-corrected chi connectivity index (χ1v) is 9.19. The third kappa shape index (κ3) is 4.74. The first-order valence-electron chi connectivity index (χ1n) is 9.19. The van der Waals surface area contributed by atoms with Crippen LogP contribution in [-0.2, 0) is 26.6 Å². The van der Waals surface area contributed by atoms with E-state index in [2.05, 4.69) is 34.6 Å². The summed E-state index contributed by atoms with van der Waals surface area (Å²) in [6.07, 6.45) is 6.13. The zero-order valence-corrected chi connectivity index (χ0v) is 17.6. The zero-order chi connectivity index (χ0) is 17.4. The van der Waals surface area contributed by atoms with Gasteiger partial charge in [0.1, 0.15) is 0 Å². The second-order valence-corrected chi connectivity index (χ2v) is 7.67. The first-order chi connectivity index (χ1) is 12.1. The van der Waals surface area contributed by atoms with Gasteiger partial charge in [0, 0.05) is 56.6 Å². The fourth-order valence-corrected chi connectivity index (χ4v) is 4.25. The Hall–Kier alpha value is -1.34. The van der Waals surface area contributed by atoms with E-state index in [0.717, 1.165) is 38.2 Å². The molecule has 2 bridgehead atoms. The molecule has 0 saturated carbocycles. The minimum Gasteiger partial charge on any atom is -0.316 e. The lowest BCUT2D eigenvalue weighted by Gasteiger charge is -2.37. The van der Waals surface area contributed by atoms with Gasteiger partial charge in [0.05, 0.1) is 6.20 Å². The van der Waals surface area contributed by atoms with Gasteiger partial charge in [0.25, 0.3) is 5.56 Å². The van der Waals surface area contributed by atoms with E-state index in [1.807, 2.05) is 28.6 Å². The Balaban J connectivity index is 0.00000131. The lowest BCUT2D eigenvalue weighted by molar-refractivity contribution is 0.255. The van der Waals surface area contributed by atoms with Crippen molar-refractivity contribution in [2.24, 2.45) is 13.0 Å². The van der Waals surface area contributed by atoms with E-state index >= 15 is 0 Å². The highest BCUT2D eigenvalue weighted by Crippen LogP contribution is 2.31. The summed E-state index contributed by atoms with van der Waals surface area (Å²) in [5.41, 5.74) is 3.57. The molecule has 27 heavy (non-hydrogen) atoms. The minimum absolute atomic E-state index is 0. The molecule has 6 nitrogen and oxygen atoms in total.